The molecule has 6 heteroatoms. The zero-order valence-corrected chi connectivity index (χ0v) is 18.4. The van der Waals surface area contributed by atoms with Crippen molar-refractivity contribution >= 4 is 11.9 Å². The number of non-ortho nitro benzene ring substituents is 1. The van der Waals surface area contributed by atoms with E-state index in [2.05, 4.69) is 0 Å². The van der Waals surface area contributed by atoms with Gasteiger partial charge in [-0.05, 0) is 29.2 Å². The van der Waals surface area contributed by atoms with E-state index in [4.69, 9.17) is 4.99 Å². The van der Waals surface area contributed by atoms with Gasteiger partial charge in [-0.2, -0.15) is 0 Å². The summed E-state index contributed by atoms with van der Waals surface area (Å²) in [6.07, 6.45) is 1.79. The normalized spacial score (nSPS) is 12.5. The van der Waals surface area contributed by atoms with Crippen LogP contribution in [0.25, 0.3) is 0 Å². The molecule has 6 nitrogen and oxygen atoms in total. The molecule has 34 heavy (non-hydrogen) atoms. The van der Waals surface area contributed by atoms with Gasteiger partial charge in [0.05, 0.1) is 11.0 Å². The Balaban J connectivity index is 1.85. The number of phenolic OH excluding ortho intramolecular Hbond substituents is 1. The van der Waals surface area contributed by atoms with Crippen molar-refractivity contribution in [2.24, 2.45) is 4.99 Å². The predicted molar refractivity (Wildman–Crippen MR) is 132 cm³/mol. The van der Waals surface area contributed by atoms with Crippen LogP contribution < -0.4 is 0 Å². The number of aliphatic hydroxyl groups is 1. The number of benzene rings is 4. The largest absolute Gasteiger partial charge is 0.507 e. The number of aliphatic imine (C=N–C) groups is 1. The lowest BCUT2D eigenvalue weighted by Gasteiger charge is -2.35. The highest BCUT2D eigenvalue weighted by molar-refractivity contribution is 5.84. The molecule has 170 valence electrons. The number of nitro groups is 1. The third-order valence-electron chi connectivity index (χ3n) is 5.80. The van der Waals surface area contributed by atoms with Gasteiger partial charge in [-0.15, -0.1) is 0 Å². The number of aromatic hydroxyl groups is 1. The quantitative estimate of drug-likeness (QED) is 0.216. The van der Waals surface area contributed by atoms with Gasteiger partial charge in [0.1, 0.15) is 11.4 Å². The number of nitrogens with zero attached hydrogens (tertiary/aromatic N) is 2. The van der Waals surface area contributed by atoms with Gasteiger partial charge in [0.2, 0.25) is 0 Å². The summed E-state index contributed by atoms with van der Waals surface area (Å²) < 4.78 is 0. The van der Waals surface area contributed by atoms with Gasteiger partial charge in [-0.25, -0.2) is 0 Å². The second-order valence-electron chi connectivity index (χ2n) is 7.98. The SMILES string of the molecule is O=[N+]([O-])c1ccc(O)c(C=N[C@H](Cc2ccccc2)C(O)(c2ccccc2)c2ccccc2)c1. The van der Waals surface area contributed by atoms with Crippen LogP contribution in [0.4, 0.5) is 5.69 Å². The third kappa shape index (κ3) is 4.87. The molecule has 0 unspecified atom stereocenters. The van der Waals surface area contributed by atoms with Gasteiger partial charge >= 0.3 is 0 Å². The molecule has 0 saturated heterocycles. The fraction of sp³-hybridized carbons (Fsp3) is 0.107. The van der Waals surface area contributed by atoms with Crippen molar-refractivity contribution in [1.29, 1.82) is 0 Å². The lowest BCUT2D eigenvalue weighted by Crippen LogP contribution is -2.41. The second-order valence-corrected chi connectivity index (χ2v) is 7.98. The lowest BCUT2D eigenvalue weighted by molar-refractivity contribution is -0.384. The Kier molecular flexibility index (Phi) is 6.80. The molecule has 0 heterocycles. The van der Waals surface area contributed by atoms with Crippen LogP contribution in [0.1, 0.15) is 22.3 Å². The molecule has 0 bridgehead atoms. The number of nitro benzene ring substituents is 1. The van der Waals surface area contributed by atoms with Gasteiger partial charge < -0.3 is 10.2 Å². The fourth-order valence-corrected chi connectivity index (χ4v) is 4.01. The van der Waals surface area contributed by atoms with Crippen molar-refractivity contribution in [3.63, 3.8) is 0 Å². The molecule has 2 N–H and O–H groups in total. The summed E-state index contributed by atoms with van der Waals surface area (Å²) in [5.41, 5.74) is 0.866. The molecule has 1 atom stereocenters. The van der Waals surface area contributed by atoms with E-state index in [1.165, 1.54) is 24.4 Å². The minimum absolute atomic E-state index is 0.129. The minimum Gasteiger partial charge on any atom is -0.507 e. The third-order valence-corrected chi connectivity index (χ3v) is 5.80. The average Bonchev–Trinajstić information content (AvgIpc) is 2.88. The molecule has 0 aromatic heterocycles. The summed E-state index contributed by atoms with van der Waals surface area (Å²) in [4.78, 5) is 15.4. The monoisotopic (exact) mass is 452 g/mol. The van der Waals surface area contributed by atoms with E-state index in [9.17, 15) is 20.3 Å². The van der Waals surface area contributed by atoms with Crippen LogP contribution in [0.3, 0.4) is 0 Å². The van der Waals surface area contributed by atoms with E-state index in [-0.39, 0.29) is 17.0 Å². The topological polar surface area (TPSA) is 96.0 Å². The Morgan fingerprint density at radius 1 is 0.853 bits per heavy atom. The Morgan fingerprint density at radius 2 is 1.38 bits per heavy atom. The van der Waals surface area contributed by atoms with E-state index in [1.807, 2.05) is 91.0 Å². The van der Waals surface area contributed by atoms with Crippen LogP contribution in [0, 0.1) is 10.1 Å². The van der Waals surface area contributed by atoms with Crippen molar-refractivity contribution in [3.8, 4) is 5.75 Å². The highest BCUT2D eigenvalue weighted by Gasteiger charge is 2.40. The molecule has 4 aromatic rings. The molecule has 0 spiro atoms. The Hall–Kier alpha value is -4.29. The summed E-state index contributed by atoms with van der Waals surface area (Å²) in [7, 11) is 0. The van der Waals surface area contributed by atoms with Gasteiger partial charge in [0.15, 0.2) is 0 Å². The zero-order valence-electron chi connectivity index (χ0n) is 18.4. The first kappa shape index (κ1) is 22.9. The molecular weight excluding hydrogens is 428 g/mol. The number of phenols is 1. The second kappa shape index (κ2) is 10.1. The van der Waals surface area contributed by atoms with Crippen molar-refractivity contribution in [2.45, 2.75) is 18.1 Å². The van der Waals surface area contributed by atoms with Crippen LogP contribution in [0.5, 0.6) is 5.75 Å². The van der Waals surface area contributed by atoms with Gasteiger partial charge in [-0.3, -0.25) is 15.1 Å². The van der Waals surface area contributed by atoms with Crippen molar-refractivity contribution in [3.05, 3.63) is 142 Å². The summed E-state index contributed by atoms with van der Waals surface area (Å²) in [6, 6.07) is 31.4. The Morgan fingerprint density at radius 3 is 1.91 bits per heavy atom. The Labute approximate surface area is 197 Å². The van der Waals surface area contributed by atoms with E-state index < -0.39 is 16.6 Å². The number of rotatable bonds is 8. The molecule has 0 fully saturated rings. The maximum absolute atomic E-state index is 12.3. The van der Waals surface area contributed by atoms with Gasteiger partial charge in [0.25, 0.3) is 5.69 Å². The molecule has 0 aliphatic heterocycles. The Bertz CT molecular complexity index is 1240. The molecule has 0 aliphatic rings. The van der Waals surface area contributed by atoms with Crippen molar-refractivity contribution < 1.29 is 15.1 Å². The first-order chi connectivity index (χ1) is 16.5. The van der Waals surface area contributed by atoms with E-state index in [0.717, 1.165) is 5.56 Å². The molecule has 0 saturated carbocycles. The van der Waals surface area contributed by atoms with E-state index in [1.54, 1.807) is 0 Å². The predicted octanol–water partition coefficient (Wildman–Crippen LogP) is 5.27. The van der Waals surface area contributed by atoms with E-state index in [0.29, 0.717) is 17.5 Å². The molecule has 0 aliphatic carbocycles. The van der Waals surface area contributed by atoms with Gasteiger partial charge in [-0.1, -0.05) is 91.0 Å². The summed E-state index contributed by atoms with van der Waals surface area (Å²) in [6.45, 7) is 0. The molecular formula is C28H24N2O4. The highest BCUT2D eigenvalue weighted by Crippen LogP contribution is 2.36. The van der Waals surface area contributed by atoms with Crippen LogP contribution >= 0.6 is 0 Å². The maximum atomic E-state index is 12.3. The highest BCUT2D eigenvalue weighted by atomic mass is 16.6. The van der Waals surface area contributed by atoms with E-state index >= 15 is 0 Å². The summed E-state index contributed by atoms with van der Waals surface area (Å²) >= 11 is 0. The van der Waals surface area contributed by atoms with Crippen molar-refractivity contribution in [1.82, 2.24) is 0 Å². The molecule has 0 amide bonds. The maximum Gasteiger partial charge on any atom is 0.270 e. The minimum atomic E-state index is -1.49. The number of hydrogen-bond donors (Lipinski definition) is 2. The standard InChI is InChI=1S/C28H24N2O4/c31-26-17-16-25(30(33)34)19-22(26)20-29-27(18-21-10-4-1-5-11-21)28(32,23-12-6-2-7-13-23)24-14-8-3-9-15-24/h1-17,19-20,27,31-32H,18H2/t27-/m1/s1. The van der Waals surface area contributed by atoms with Crippen LogP contribution in [-0.2, 0) is 12.0 Å². The van der Waals surface area contributed by atoms with Crippen LogP contribution in [-0.4, -0.2) is 27.4 Å². The lowest BCUT2D eigenvalue weighted by atomic mass is 9.78. The first-order valence-electron chi connectivity index (χ1n) is 10.9. The zero-order chi connectivity index (χ0) is 24.0. The first-order valence-corrected chi connectivity index (χ1v) is 10.9. The van der Waals surface area contributed by atoms with Crippen LogP contribution in [0.15, 0.2) is 114 Å². The summed E-state index contributed by atoms with van der Waals surface area (Å²) in [5.74, 6) is -0.129. The van der Waals surface area contributed by atoms with Crippen molar-refractivity contribution in [2.75, 3.05) is 0 Å². The molecule has 4 rings (SSSR count). The number of hydrogen-bond acceptors (Lipinski definition) is 5. The van der Waals surface area contributed by atoms with Gasteiger partial charge in [0, 0.05) is 23.9 Å². The smallest absolute Gasteiger partial charge is 0.270 e. The summed E-state index contributed by atoms with van der Waals surface area (Å²) in [5, 5.41) is 33.8. The van der Waals surface area contributed by atoms with Crippen LogP contribution in [0.2, 0.25) is 0 Å². The average molecular weight is 453 g/mol. The molecule has 4 aromatic carbocycles. The molecule has 0 radical (unpaired) electrons. The fourth-order valence-electron chi connectivity index (χ4n) is 4.01.